The molecular weight excluding hydrogens is 344 g/mol. The molecule has 1 atom stereocenters. The fourth-order valence-electron chi connectivity index (χ4n) is 3.12. The van der Waals surface area contributed by atoms with Gasteiger partial charge < -0.3 is 15.0 Å². The van der Waals surface area contributed by atoms with Gasteiger partial charge in [-0.05, 0) is 23.6 Å². The van der Waals surface area contributed by atoms with Crippen molar-refractivity contribution in [2.75, 3.05) is 19.7 Å². The zero-order valence-corrected chi connectivity index (χ0v) is 15.2. The van der Waals surface area contributed by atoms with Crippen LogP contribution in [-0.2, 0) is 17.7 Å². The normalized spacial score (nSPS) is 17.2. The number of aryl methyl sites for hydroxylation is 1. The number of carbonyl (C=O) groups excluding carboxylic acids is 1. The van der Waals surface area contributed by atoms with E-state index in [-0.39, 0.29) is 18.7 Å². The van der Waals surface area contributed by atoms with Gasteiger partial charge in [-0.1, -0.05) is 31.2 Å². The Morgan fingerprint density at radius 2 is 2.19 bits per heavy atom. The number of morpholine rings is 1. The number of aromatic nitrogens is 4. The average molecular weight is 366 g/mol. The number of ether oxygens (including phenoxy) is 1. The van der Waals surface area contributed by atoms with E-state index in [0.717, 1.165) is 12.0 Å². The number of urea groups is 1. The maximum absolute atomic E-state index is 12.5. The van der Waals surface area contributed by atoms with Gasteiger partial charge in [0.05, 0.1) is 19.7 Å². The molecule has 8 nitrogen and oxygen atoms in total. The molecule has 8 heteroatoms. The topological polar surface area (TPSA) is 84.7 Å². The highest BCUT2D eigenvalue weighted by Crippen LogP contribution is 2.22. The van der Waals surface area contributed by atoms with E-state index in [9.17, 15) is 4.79 Å². The third-order valence-corrected chi connectivity index (χ3v) is 4.67. The Labute approximate surface area is 157 Å². The van der Waals surface area contributed by atoms with Crippen molar-refractivity contribution in [3.63, 3.8) is 0 Å². The van der Waals surface area contributed by atoms with Crippen molar-refractivity contribution in [2.24, 2.45) is 0 Å². The van der Waals surface area contributed by atoms with Gasteiger partial charge in [-0.25, -0.2) is 14.3 Å². The second kappa shape index (κ2) is 7.71. The minimum Gasteiger partial charge on any atom is -0.370 e. The first-order valence-corrected chi connectivity index (χ1v) is 9.12. The Bertz CT molecular complexity index is 890. The first-order valence-electron chi connectivity index (χ1n) is 9.12. The van der Waals surface area contributed by atoms with Crippen molar-refractivity contribution in [1.29, 1.82) is 0 Å². The minimum atomic E-state index is -0.139. The van der Waals surface area contributed by atoms with Crippen LogP contribution in [0.25, 0.3) is 5.78 Å². The van der Waals surface area contributed by atoms with E-state index in [1.54, 1.807) is 27.9 Å². The molecule has 1 aromatic carbocycles. The lowest BCUT2D eigenvalue weighted by atomic mass is 10.0. The van der Waals surface area contributed by atoms with E-state index in [1.807, 2.05) is 0 Å². The summed E-state index contributed by atoms with van der Waals surface area (Å²) in [5, 5.41) is 7.18. The molecule has 3 heterocycles. The number of nitrogens with one attached hydrogen (secondary N) is 1. The van der Waals surface area contributed by atoms with Gasteiger partial charge in [0.2, 0.25) is 0 Å². The Balaban J connectivity index is 1.36. The van der Waals surface area contributed by atoms with E-state index in [0.29, 0.717) is 31.3 Å². The van der Waals surface area contributed by atoms with Crippen LogP contribution in [0.15, 0.2) is 42.7 Å². The van der Waals surface area contributed by atoms with Crippen molar-refractivity contribution in [3.05, 3.63) is 59.7 Å². The molecule has 2 aromatic heterocycles. The summed E-state index contributed by atoms with van der Waals surface area (Å²) in [5.74, 6) is 1.05. The summed E-state index contributed by atoms with van der Waals surface area (Å²) in [6.45, 7) is 4.00. The number of hydrogen-bond acceptors (Lipinski definition) is 5. The third kappa shape index (κ3) is 3.90. The van der Waals surface area contributed by atoms with Crippen LogP contribution >= 0.6 is 0 Å². The van der Waals surface area contributed by atoms with Crippen molar-refractivity contribution in [2.45, 2.75) is 26.0 Å². The molecule has 140 valence electrons. The summed E-state index contributed by atoms with van der Waals surface area (Å²) in [6.07, 6.45) is 4.34. The molecule has 1 unspecified atom stereocenters. The van der Waals surface area contributed by atoms with E-state index in [2.05, 4.69) is 51.6 Å². The molecule has 0 spiro atoms. The van der Waals surface area contributed by atoms with Crippen LogP contribution in [0.4, 0.5) is 4.79 Å². The van der Waals surface area contributed by atoms with Crippen LogP contribution in [0.3, 0.4) is 0 Å². The highest BCUT2D eigenvalue weighted by molar-refractivity contribution is 5.74. The number of hydrogen-bond donors (Lipinski definition) is 1. The highest BCUT2D eigenvalue weighted by atomic mass is 16.5. The lowest BCUT2D eigenvalue weighted by Gasteiger charge is -2.33. The van der Waals surface area contributed by atoms with Crippen LogP contribution in [-0.4, -0.2) is 50.2 Å². The number of rotatable bonds is 4. The summed E-state index contributed by atoms with van der Waals surface area (Å²) in [4.78, 5) is 22.7. The zero-order chi connectivity index (χ0) is 18.6. The monoisotopic (exact) mass is 366 g/mol. The molecular formula is C19H22N6O2. The minimum absolute atomic E-state index is 0.104. The molecule has 1 aliphatic rings. The van der Waals surface area contributed by atoms with E-state index < -0.39 is 0 Å². The van der Waals surface area contributed by atoms with Crippen molar-refractivity contribution in [3.8, 4) is 0 Å². The van der Waals surface area contributed by atoms with Gasteiger partial charge in [-0.2, -0.15) is 4.98 Å². The molecule has 0 radical (unpaired) electrons. The molecule has 1 N–H and O–H groups in total. The second-order valence-electron chi connectivity index (χ2n) is 6.45. The lowest BCUT2D eigenvalue weighted by molar-refractivity contribution is -0.0155. The number of carbonyl (C=O) groups is 1. The molecule has 1 saturated heterocycles. The highest BCUT2D eigenvalue weighted by Gasteiger charge is 2.25. The fraction of sp³-hybridized carbons (Fsp3) is 0.368. The quantitative estimate of drug-likeness (QED) is 0.763. The van der Waals surface area contributed by atoms with Crippen molar-refractivity contribution >= 4 is 11.8 Å². The van der Waals surface area contributed by atoms with Crippen LogP contribution < -0.4 is 5.32 Å². The van der Waals surface area contributed by atoms with E-state index >= 15 is 0 Å². The maximum atomic E-state index is 12.5. The van der Waals surface area contributed by atoms with Crippen LogP contribution in [0.2, 0.25) is 0 Å². The van der Waals surface area contributed by atoms with Gasteiger partial charge in [0.15, 0.2) is 5.82 Å². The van der Waals surface area contributed by atoms with E-state index in [4.69, 9.17) is 4.74 Å². The molecule has 1 aliphatic heterocycles. The van der Waals surface area contributed by atoms with Crippen LogP contribution in [0.5, 0.6) is 0 Å². The second-order valence-corrected chi connectivity index (χ2v) is 6.45. The molecule has 27 heavy (non-hydrogen) atoms. The maximum Gasteiger partial charge on any atom is 0.317 e. The Hall–Kier alpha value is -3.00. The molecule has 3 aromatic rings. The average Bonchev–Trinajstić information content (AvgIpc) is 3.15. The molecule has 1 fully saturated rings. The molecule has 0 saturated carbocycles. The predicted octanol–water partition coefficient (Wildman–Crippen LogP) is 1.97. The predicted molar refractivity (Wildman–Crippen MR) is 99.1 cm³/mol. The first kappa shape index (κ1) is 17.4. The Morgan fingerprint density at radius 1 is 1.33 bits per heavy atom. The van der Waals surface area contributed by atoms with Crippen molar-refractivity contribution in [1.82, 2.24) is 29.8 Å². The summed E-state index contributed by atoms with van der Waals surface area (Å²) in [6, 6.07) is 10.0. The smallest absolute Gasteiger partial charge is 0.317 e. The van der Waals surface area contributed by atoms with Gasteiger partial charge in [-0.15, -0.1) is 5.10 Å². The van der Waals surface area contributed by atoms with Crippen molar-refractivity contribution < 1.29 is 9.53 Å². The molecule has 0 bridgehead atoms. The number of fused-ring (bicyclic) bond motifs is 1. The SMILES string of the molecule is CCc1ccc(C2CN(C(=O)NCc3nc4ncccn4n3)CCO2)cc1. The first-order chi connectivity index (χ1) is 13.2. The number of nitrogens with zero attached hydrogens (tertiary/aromatic N) is 5. The summed E-state index contributed by atoms with van der Waals surface area (Å²) in [7, 11) is 0. The summed E-state index contributed by atoms with van der Waals surface area (Å²) < 4.78 is 7.45. The molecule has 0 aliphatic carbocycles. The van der Waals surface area contributed by atoms with Gasteiger partial charge in [0.1, 0.15) is 6.10 Å². The molecule has 2 amide bonds. The fourth-order valence-corrected chi connectivity index (χ4v) is 3.12. The number of amides is 2. The molecule has 4 rings (SSSR count). The van der Waals surface area contributed by atoms with Gasteiger partial charge in [0, 0.05) is 18.9 Å². The summed E-state index contributed by atoms with van der Waals surface area (Å²) >= 11 is 0. The van der Waals surface area contributed by atoms with Crippen LogP contribution in [0.1, 0.15) is 30.0 Å². The standard InChI is InChI=1S/C19H22N6O2/c1-2-14-4-6-15(7-5-14)16-13-24(10-11-27-16)19(26)21-12-17-22-18-20-8-3-9-25(18)23-17/h3-9,16H,2,10-13H2,1H3,(H,21,26). The van der Waals surface area contributed by atoms with Crippen LogP contribution in [0, 0.1) is 0 Å². The Morgan fingerprint density at radius 3 is 2.96 bits per heavy atom. The summed E-state index contributed by atoms with van der Waals surface area (Å²) in [5.41, 5.74) is 2.39. The van der Waals surface area contributed by atoms with E-state index in [1.165, 1.54) is 5.56 Å². The lowest BCUT2D eigenvalue weighted by Crippen LogP contribution is -2.47. The van der Waals surface area contributed by atoms with Gasteiger partial charge in [0.25, 0.3) is 5.78 Å². The third-order valence-electron chi connectivity index (χ3n) is 4.67. The number of benzene rings is 1. The Kier molecular flexibility index (Phi) is 4.97. The van der Waals surface area contributed by atoms with Gasteiger partial charge >= 0.3 is 6.03 Å². The van der Waals surface area contributed by atoms with Gasteiger partial charge in [-0.3, -0.25) is 0 Å². The largest absolute Gasteiger partial charge is 0.370 e. The zero-order valence-electron chi connectivity index (χ0n) is 15.2.